The van der Waals surface area contributed by atoms with Crippen LogP contribution in [0.2, 0.25) is 0 Å². The lowest BCUT2D eigenvalue weighted by atomic mass is 10.0. The molecule has 1 aromatic carbocycles. The minimum absolute atomic E-state index is 0.0290. The van der Waals surface area contributed by atoms with Crippen molar-refractivity contribution < 1.29 is 9.53 Å². The van der Waals surface area contributed by atoms with Gasteiger partial charge in [0, 0.05) is 18.4 Å². The predicted molar refractivity (Wildman–Crippen MR) is 128 cm³/mol. The zero-order valence-corrected chi connectivity index (χ0v) is 19.5. The molecule has 3 aromatic heterocycles. The third kappa shape index (κ3) is 3.70. The SMILES string of the molecule is CC(C)n1cncc(-c2ccc(C3(NC(=O)c4ncc5cnn(C6COC6)c5n4)CC3)cc2)c1=O. The van der Waals surface area contributed by atoms with Crippen LogP contribution in [0.4, 0.5) is 0 Å². The van der Waals surface area contributed by atoms with Crippen LogP contribution in [0, 0.1) is 0 Å². The molecule has 10 nitrogen and oxygen atoms in total. The molecule has 0 spiro atoms. The van der Waals surface area contributed by atoms with Crippen LogP contribution in [0.15, 0.2) is 54.0 Å². The maximum absolute atomic E-state index is 13.1. The number of benzene rings is 1. The lowest BCUT2D eigenvalue weighted by molar-refractivity contribution is -0.0269. The summed E-state index contributed by atoms with van der Waals surface area (Å²) >= 11 is 0. The van der Waals surface area contributed by atoms with Gasteiger partial charge in [-0.25, -0.2) is 19.6 Å². The Morgan fingerprint density at radius 1 is 1.14 bits per heavy atom. The number of carbonyl (C=O) groups excluding carboxylic acids is 1. The number of carbonyl (C=O) groups is 1. The number of hydrogen-bond donors (Lipinski definition) is 1. The fraction of sp³-hybridized carbons (Fsp3) is 0.360. The van der Waals surface area contributed by atoms with E-state index in [0.29, 0.717) is 24.4 Å². The van der Waals surface area contributed by atoms with Gasteiger partial charge in [-0.1, -0.05) is 24.3 Å². The Morgan fingerprint density at radius 2 is 1.91 bits per heavy atom. The van der Waals surface area contributed by atoms with Crippen molar-refractivity contribution in [2.24, 2.45) is 0 Å². The zero-order valence-electron chi connectivity index (χ0n) is 19.5. The molecule has 10 heteroatoms. The highest BCUT2D eigenvalue weighted by atomic mass is 16.5. The highest BCUT2D eigenvalue weighted by Crippen LogP contribution is 2.46. The van der Waals surface area contributed by atoms with Crippen LogP contribution >= 0.6 is 0 Å². The molecule has 0 radical (unpaired) electrons. The van der Waals surface area contributed by atoms with Gasteiger partial charge in [0.2, 0.25) is 5.82 Å². The second-order valence-corrected chi connectivity index (χ2v) is 9.48. The van der Waals surface area contributed by atoms with Gasteiger partial charge in [0.1, 0.15) is 6.04 Å². The smallest absolute Gasteiger partial charge is 0.289 e. The molecule has 1 aliphatic heterocycles. The summed E-state index contributed by atoms with van der Waals surface area (Å²) < 4.78 is 8.68. The molecule has 1 amide bonds. The molecular formula is C25H25N7O3. The van der Waals surface area contributed by atoms with Crippen molar-refractivity contribution in [1.82, 2.24) is 34.6 Å². The largest absolute Gasteiger partial charge is 0.377 e. The van der Waals surface area contributed by atoms with Crippen molar-refractivity contribution in [3.63, 3.8) is 0 Å². The Kier molecular flexibility index (Phi) is 4.99. The first kappa shape index (κ1) is 21.6. The van der Waals surface area contributed by atoms with Crippen molar-refractivity contribution in [3.05, 3.63) is 70.9 Å². The standard InChI is InChI=1S/C25H25N7O3/c1-15(2)31-14-26-11-20(24(31)34)16-3-5-18(6-4-16)25(7-8-25)30-23(33)21-27-9-17-10-28-32(22(17)29-21)19-12-35-13-19/h3-6,9-11,14-15,19H,7-8,12-13H2,1-2H3,(H,30,33). The van der Waals surface area contributed by atoms with Crippen LogP contribution in [-0.4, -0.2) is 48.4 Å². The van der Waals surface area contributed by atoms with Gasteiger partial charge >= 0.3 is 0 Å². The number of nitrogens with zero attached hydrogens (tertiary/aromatic N) is 6. The Balaban J connectivity index is 1.24. The zero-order chi connectivity index (χ0) is 24.2. The van der Waals surface area contributed by atoms with E-state index in [1.165, 1.54) is 0 Å². The highest BCUT2D eigenvalue weighted by Gasteiger charge is 2.46. The average Bonchev–Trinajstić information content (AvgIpc) is 3.50. The fourth-order valence-electron chi connectivity index (χ4n) is 4.42. The van der Waals surface area contributed by atoms with Gasteiger partial charge < -0.3 is 10.1 Å². The normalized spacial score (nSPS) is 16.9. The molecule has 6 rings (SSSR count). The second kappa shape index (κ2) is 8.09. The van der Waals surface area contributed by atoms with Gasteiger partial charge in [0.25, 0.3) is 11.5 Å². The number of nitrogens with one attached hydrogen (secondary N) is 1. The van der Waals surface area contributed by atoms with Crippen molar-refractivity contribution >= 4 is 16.9 Å². The van der Waals surface area contributed by atoms with Gasteiger partial charge in [0.05, 0.1) is 42.2 Å². The fourth-order valence-corrected chi connectivity index (χ4v) is 4.42. The van der Waals surface area contributed by atoms with Crippen LogP contribution in [0.25, 0.3) is 22.2 Å². The van der Waals surface area contributed by atoms with E-state index in [1.807, 2.05) is 38.1 Å². The first-order valence-corrected chi connectivity index (χ1v) is 11.7. The number of hydrogen-bond acceptors (Lipinski definition) is 7. The van der Waals surface area contributed by atoms with Crippen LogP contribution in [0.5, 0.6) is 0 Å². The number of amides is 1. The molecule has 35 heavy (non-hydrogen) atoms. The number of aromatic nitrogens is 6. The molecule has 0 atom stereocenters. The Bertz CT molecular complexity index is 1480. The van der Waals surface area contributed by atoms with E-state index in [1.54, 1.807) is 34.2 Å². The summed E-state index contributed by atoms with van der Waals surface area (Å²) in [6, 6.07) is 7.91. The van der Waals surface area contributed by atoms with Gasteiger partial charge in [-0.3, -0.25) is 14.2 Å². The van der Waals surface area contributed by atoms with E-state index < -0.39 is 5.54 Å². The molecule has 4 aromatic rings. The quantitative estimate of drug-likeness (QED) is 0.459. The van der Waals surface area contributed by atoms with Crippen molar-refractivity contribution in [2.45, 2.75) is 44.3 Å². The number of ether oxygens (including phenoxy) is 1. The molecule has 0 unspecified atom stereocenters. The minimum atomic E-state index is -0.455. The third-order valence-electron chi connectivity index (χ3n) is 6.77. The van der Waals surface area contributed by atoms with E-state index >= 15 is 0 Å². The first-order valence-electron chi connectivity index (χ1n) is 11.7. The summed E-state index contributed by atoms with van der Waals surface area (Å²) in [6.45, 7) is 5.08. The number of fused-ring (bicyclic) bond motifs is 1. The maximum Gasteiger partial charge on any atom is 0.289 e. The van der Waals surface area contributed by atoms with Crippen molar-refractivity contribution in [1.29, 1.82) is 0 Å². The third-order valence-corrected chi connectivity index (χ3v) is 6.77. The van der Waals surface area contributed by atoms with Crippen molar-refractivity contribution in [2.75, 3.05) is 13.2 Å². The lowest BCUT2D eigenvalue weighted by Crippen LogP contribution is -2.36. The molecule has 2 fully saturated rings. The van der Waals surface area contributed by atoms with Crippen LogP contribution in [0.1, 0.15) is 55.0 Å². The first-order chi connectivity index (χ1) is 16.9. The van der Waals surface area contributed by atoms with E-state index in [2.05, 4.69) is 25.4 Å². The van der Waals surface area contributed by atoms with E-state index in [9.17, 15) is 9.59 Å². The Hall–Kier alpha value is -3.92. The lowest BCUT2D eigenvalue weighted by Gasteiger charge is -2.26. The van der Waals surface area contributed by atoms with Crippen LogP contribution < -0.4 is 10.9 Å². The molecule has 1 aliphatic carbocycles. The minimum Gasteiger partial charge on any atom is -0.377 e. The topological polar surface area (TPSA) is 117 Å². The summed E-state index contributed by atoms with van der Waals surface area (Å²) in [6.07, 6.45) is 8.14. The second-order valence-electron chi connectivity index (χ2n) is 9.48. The predicted octanol–water partition coefficient (Wildman–Crippen LogP) is 2.62. The molecular weight excluding hydrogens is 446 g/mol. The molecule has 1 saturated carbocycles. The molecule has 0 bridgehead atoms. The summed E-state index contributed by atoms with van der Waals surface area (Å²) in [5, 5.41) is 8.30. The van der Waals surface area contributed by atoms with Crippen molar-refractivity contribution in [3.8, 4) is 11.1 Å². The Morgan fingerprint density at radius 3 is 2.57 bits per heavy atom. The van der Waals surface area contributed by atoms with Gasteiger partial charge in [-0.2, -0.15) is 5.10 Å². The molecule has 4 heterocycles. The molecule has 178 valence electrons. The summed E-state index contributed by atoms with van der Waals surface area (Å²) in [7, 11) is 0. The number of rotatable bonds is 6. The van der Waals surface area contributed by atoms with E-state index in [0.717, 1.165) is 29.4 Å². The molecule has 1 N–H and O–H groups in total. The highest BCUT2D eigenvalue weighted by molar-refractivity contribution is 5.93. The summed E-state index contributed by atoms with van der Waals surface area (Å²) in [4.78, 5) is 38.9. The summed E-state index contributed by atoms with van der Waals surface area (Å²) in [5.74, 6) is -0.204. The van der Waals surface area contributed by atoms with Gasteiger partial charge in [0.15, 0.2) is 5.65 Å². The summed E-state index contributed by atoms with van der Waals surface area (Å²) in [5.41, 5.74) is 2.44. The van der Waals surface area contributed by atoms with Crippen LogP contribution in [0.3, 0.4) is 0 Å². The molecule has 2 aliphatic rings. The maximum atomic E-state index is 13.1. The van der Waals surface area contributed by atoms with E-state index in [4.69, 9.17) is 4.74 Å². The van der Waals surface area contributed by atoms with Gasteiger partial charge in [-0.15, -0.1) is 0 Å². The monoisotopic (exact) mass is 471 g/mol. The average molecular weight is 472 g/mol. The van der Waals surface area contributed by atoms with Gasteiger partial charge in [-0.05, 0) is 37.8 Å². The molecule has 1 saturated heterocycles. The van der Waals surface area contributed by atoms with Crippen LogP contribution in [-0.2, 0) is 10.3 Å². The van der Waals surface area contributed by atoms with E-state index in [-0.39, 0.29) is 29.4 Å². The Labute approximate surface area is 201 Å².